The molecule has 1 aromatic carbocycles. The largest absolute Gasteiger partial charge is 0.384 e. The zero-order chi connectivity index (χ0) is 12.3. The van der Waals surface area contributed by atoms with Gasteiger partial charge in [0.05, 0.1) is 17.1 Å². The van der Waals surface area contributed by atoms with E-state index in [1.54, 1.807) is 0 Å². The van der Waals surface area contributed by atoms with Crippen molar-refractivity contribution in [2.75, 3.05) is 11.9 Å². The van der Waals surface area contributed by atoms with Gasteiger partial charge in [0, 0.05) is 17.1 Å². The Morgan fingerprint density at radius 2 is 1.82 bits per heavy atom. The quantitative estimate of drug-likeness (QED) is 0.880. The van der Waals surface area contributed by atoms with Crippen LogP contribution < -0.4 is 5.32 Å². The molecule has 0 aliphatic carbocycles. The molecule has 0 aliphatic rings. The molecular weight excluding hydrogens is 232 g/mol. The number of rotatable bonds is 3. The molecule has 0 saturated carbocycles. The minimum atomic E-state index is 0.745. The molecule has 0 bridgehead atoms. The van der Waals surface area contributed by atoms with Crippen LogP contribution in [-0.2, 0) is 0 Å². The summed E-state index contributed by atoms with van der Waals surface area (Å²) in [5, 5.41) is 4.03. The van der Waals surface area contributed by atoms with Crippen molar-refractivity contribution >= 4 is 17.3 Å². The van der Waals surface area contributed by atoms with Crippen LogP contribution in [0.5, 0.6) is 0 Å². The first-order valence-electron chi connectivity index (χ1n) is 5.68. The third kappa shape index (κ3) is 2.77. The molecule has 1 heterocycles. The van der Waals surface area contributed by atoms with E-state index in [1.807, 2.05) is 37.3 Å². The summed E-state index contributed by atoms with van der Waals surface area (Å²) in [6.07, 6.45) is 0. The number of halogens is 1. The Hall–Kier alpha value is -1.54. The second-order valence-corrected chi connectivity index (χ2v) is 4.30. The highest BCUT2D eigenvalue weighted by Crippen LogP contribution is 2.22. The van der Waals surface area contributed by atoms with Crippen LogP contribution in [0.2, 0.25) is 5.02 Å². The second-order valence-electron chi connectivity index (χ2n) is 3.87. The average molecular weight is 247 g/mol. The number of nitrogens with zero attached hydrogens (tertiary/aromatic N) is 1. The number of aryl methyl sites for hydroxylation is 1. The van der Waals surface area contributed by atoms with Crippen LogP contribution in [-0.4, -0.2) is 11.5 Å². The Bertz CT molecular complexity index is 506. The maximum atomic E-state index is 5.87. The van der Waals surface area contributed by atoms with Crippen molar-refractivity contribution in [2.45, 2.75) is 13.8 Å². The zero-order valence-corrected chi connectivity index (χ0v) is 10.8. The smallest absolute Gasteiger partial charge is 0.0706 e. The van der Waals surface area contributed by atoms with Gasteiger partial charge in [0.15, 0.2) is 0 Å². The van der Waals surface area contributed by atoms with Crippen molar-refractivity contribution in [2.24, 2.45) is 0 Å². The molecule has 88 valence electrons. The van der Waals surface area contributed by atoms with Gasteiger partial charge in [-0.1, -0.05) is 23.7 Å². The SMILES string of the molecule is CCNc1ccc(-c2ccc(Cl)cc2)nc1C. The molecule has 0 atom stereocenters. The first-order valence-corrected chi connectivity index (χ1v) is 6.06. The highest BCUT2D eigenvalue weighted by atomic mass is 35.5. The van der Waals surface area contributed by atoms with E-state index in [2.05, 4.69) is 23.3 Å². The van der Waals surface area contributed by atoms with E-state index in [0.29, 0.717) is 0 Å². The molecule has 0 amide bonds. The molecule has 1 aromatic heterocycles. The van der Waals surface area contributed by atoms with Crippen molar-refractivity contribution < 1.29 is 0 Å². The van der Waals surface area contributed by atoms with Gasteiger partial charge in [-0.05, 0) is 38.1 Å². The lowest BCUT2D eigenvalue weighted by Crippen LogP contribution is -2.00. The highest BCUT2D eigenvalue weighted by Gasteiger charge is 2.03. The van der Waals surface area contributed by atoms with Gasteiger partial charge in [0.1, 0.15) is 0 Å². The second kappa shape index (κ2) is 5.19. The summed E-state index contributed by atoms with van der Waals surface area (Å²) < 4.78 is 0. The van der Waals surface area contributed by atoms with E-state index in [-0.39, 0.29) is 0 Å². The number of pyridine rings is 1. The van der Waals surface area contributed by atoms with Crippen LogP contribution in [0.1, 0.15) is 12.6 Å². The summed E-state index contributed by atoms with van der Waals surface area (Å²) >= 11 is 5.87. The minimum Gasteiger partial charge on any atom is -0.384 e. The van der Waals surface area contributed by atoms with Crippen molar-refractivity contribution in [3.05, 3.63) is 47.1 Å². The van der Waals surface area contributed by atoms with Crippen LogP contribution in [0.3, 0.4) is 0 Å². The Morgan fingerprint density at radius 3 is 2.41 bits per heavy atom. The fraction of sp³-hybridized carbons (Fsp3) is 0.214. The van der Waals surface area contributed by atoms with E-state index in [9.17, 15) is 0 Å². The van der Waals surface area contributed by atoms with Gasteiger partial charge in [-0.2, -0.15) is 0 Å². The Morgan fingerprint density at radius 1 is 1.12 bits per heavy atom. The van der Waals surface area contributed by atoms with Gasteiger partial charge >= 0.3 is 0 Å². The van der Waals surface area contributed by atoms with Crippen LogP contribution >= 0.6 is 11.6 Å². The monoisotopic (exact) mass is 246 g/mol. The van der Waals surface area contributed by atoms with Crippen LogP contribution in [0.4, 0.5) is 5.69 Å². The number of anilines is 1. The maximum Gasteiger partial charge on any atom is 0.0706 e. The van der Waals surface area contributed by atoms with Gasteiger partial charge < -0.3 is 5.32 Å². The lowest BCUT2D eigenvalue weighted by molar-refractivity contribution is 1.14. The van der Waals surface area contributed by atoms with E-state index in [0.717, 1.165) is 34.2 Å². The lowest BCUT2D eigenvalue weighted by atomic mass is 10.1. The molecule has 2 nitrogen and oxygen atoms in total. The van der Waals surface area contributed by atoms with Gasteiger partial charge in [-0.25, -0.2) is 0 Å². The van der Waals surface area contributed by atoms with Crippen molar-refractivity contribution in [1.82, 2.24) is 4.98 Å². The summed E-state index contributed by atoms with van der Waals surface area (Å²) in [6.45, 7) is 4.99. The van der Waals surface area contributed by atoms with Gasteiger partial charge in [0.2, 0.25) is 0 Å². The first kappa shape index (κ1) is 11.9. The fourth-order valence-electron chi connectivity index (χ4n) is 1.72. The average Bonchev–Trinajstić information content (AvgIpc) is 2.33. The lowest BCUT2D eigenvalue weighted by Gasteiger charge is -2.08. The Kier molecular flexibility index (Phi) is 3.64. The number of aromatic nitrogens is 1. The van der Waals surface area contributed by atoms with E-state index < -0.39 is 0 Å². The predicted octanol–water partition coefficient (Wildman–Crippen LogP) is 4.14. The molecular formula is C14H15ClN2. The molecule has 0 aliphatic heterocycles. The van der Waals surface area contributed by atoms with Crippen LogP contribution in [0, 0.1) is 6.92 Å². The summed E-state index contributed by atoms with van der Waals surface area (Å²) in [7, 11) is 0. The summed E-state index contributed by atoms with van der Waals surface area (Å²) in [5.41, 5.74) is 4.16. The van der Waals surface area contributed by atoms with E-state index in [1.165, 1.54) is 0 Å². The zero-order valence-electron chi connectivity index (χ0n) is 10.00. The fourth-order valence-corrected chi connectivity index (χ4v) is 1.85. The third-order valence-electron chi connectivity index (χ3n) is 2.59. The molecule has 17 heavy (non-hydrogen) atoms. The molecule has 3 heteroatoms. The molecule has 0 radical (unpaired) electrons. The third-order valence-corrected chi connectivity index (χ3v) is 2.85. The summed E-state index contributed by atoms with van der Waals surface area (Å²) in [6, 6.07) is 11.8. The minimum absolute atomic E-state index is 0.745. The molecule has 0 saturated heterocycles. The Labute approximate surface area is 107 Å². The van der Waals surface area contributed by atoms with Crippen LogP contribution in [0.15, 0.2) is 36.4 Å². The molecule has 2 rings (SSSR count). The number of benzene rings is 1. The standard InChI is InChI=1S/C14H15ClN2/c1-3-16-13-8-9-14(17-10(13)2)11-4-6-12(15)7-5-11/h4-9,16H,3H2,1-2H3. The topological polar surface area (TPSA) is 24.9 Å². The van der Waals surface area contributed by atoms with Crippen molar-refractivity contribution in [3.8, 4) is 11.3 Å². The van der Waals surface area contributed by atoms with Gasteiger partial charge in [0.25, 0.3) is 0 Å². The van der Waals surface area contributed by atoms with Crippen LogP contribution in [0.25, 0.3) is 11.3 Å². The molecule has 0 fully saturated rings. The van der Waals surface area contributed by atoms with Crippen molar-refractivity contribution in [3.63, 3.8) is 0 Å². The van der Waals surface area contributed by atoms with E-state index in [4.69, 9.17) is 11.6 Å². The highest BCUT2D eigenvalue weighted by molar-refractivity contribution is 6.30. The summed E-state index contributed by atoms with van der Waals surface area (Å²) in [5.74, 6) is 0. The molecule has 0 spiro atoms. The number of nitrogens with one attached hydrogen (secondary N) is 1. The predicted molar refractivity (Wildman–Crippen MR) is 73.6 cm³/mol. The number of hydrogen-bond acceptors (Lipinski definition) is 2. The number of hydrogen-bond donors (Lipinski definition) is 1. The first-order chi connectivity index (χ1) is 8.20. The van der Waals surface area contributed by atoms with Gasteiger partial charge in [-0.3, -0.25) is 4.98 Å². The van der Waals surface area contributed by atoms with E-state index >= 15 is 0 Å². The van der Waals surface area contributed by atoms with Crippen molar-refractivity contribution in [1.29, 1.82) is 0 Å². The molecule has 2 aromatic rings. The summed E-state index contributed by atoms with van der Waals surface area (Å²) in [4.78, 5) is 4.59. The molecule has 0 unspecified atom stereocenters. The molecule has 1 N–H and O–H groups in total. The maximum absolute atomic E-state index is 5.87. The normalized spacial score (nSPS) is 10.3. The van der Waals surface area contributed by atoms with Gasteiger partial charge in [-0.15, -0.1) is 0 Å². The Balaban J connectivity index is 2.34.